The molecule has 0 atom stereocenters. The van der Waals surface area contributed by atoms with Crippen molar-refractivity contribution < 1.29 is 17.6 Å². The van der Waals surface area contributed by atoms with Gasteiger partial charge in [-0.3, -0.25) is 5.10 Å². The molecule has 3 heterocycles. The molecule has 1 aromatic carbocycles. The number of nitrogens with one attached hydrogen (secondary N) is 1. The molecule has 0 fully saturated rings. The summed E-state index contributed by atoms with van der Waals surface area (Å²) >= 11 is 0. The summed E-state index contributed by atoms with van der Waals surface area (Å²) in [5, 5.41) is 4.56. The molecule has 4 aromatic rings. The number of imidazole rings is 1. The van der Waals surface area contributed by atoms with Gasteiger partial charge in [0, 0.05) is 18.6 Å². The molecule has 0 saturated heterocycles. The molecule has 0 aliphatic carbocycles. The maximum atomic E-state index is 14.4. The summed E-state index contributed by atoms with van der Waals surface area (Å²) in [5.41, 5.74) is 1.38. The molecule has 1 N–H and O–H groups in total. The molecule has 28 heavy (non-hydrogen) atoms. The largest absolute Gasteiger partial charge is 0.453 e. The van der Waals surface area contributed by atoms with Crippen LogP contribution in [0.5, 0.6) is 0 Å². The second-order valence-electron chi connectivity index (χ2n) is 6.74. The van der Waals surface area contributed by atoms with E-state index in [9.17, 15) is 17.6 Å². The predicted molar refractivity (Wildman–Crippen MR) is 97.6 cm³/mol. The molecule has 0 bridgehead atoms. The summed E-state index contributed by atoms with van der Waals surface area (Å²) < 4.78 is 54.6. The van der Waals surface area contributed by atoms with Crippen molar-refractivity contribution in [3.63, 3.8) is 0 Å². The van der Waals surface area contributed by atoms with Crippen LogP contribution in [0.25, 0.3) is 17.2 Å². The van der Waals surface area contributed by atoms with Crippen LogP contribution in [0, 0.1) is 5.82 Å². The maximum absolute atomic E-state index is 14.4. The molecule has 140 valence electrons. The Morgan fingerprint density at radius 1 is 1.07 bits per heavy atom. The molecule has 0 aliphatic heterocycles. The van der Waals surface area contributed by atoms with Crippen molar-refractivity contribution in [1.82, 2.24) is 29.5 Å². The fourth-order valence-electron chi connectivity index (χ4n) is 3.06. The van der Waals surface area contributed by atoms with Gasteiger partial charge in [0.05, 0.1) is 5.69 Å². The van der Waals surface area contributed by atoms with Crippen LogP contribution in [0.2, 0.25) is 0 Å². The molecule has 3 aromatic heterocycles. The number of alkyl halides is 3. The maximum Gasteiger partial charge on any atom is 0.453 e. The number of nitrogens with zero attached hydrogens (tertiary/aromatic N) is 5. The Morgan fingerprint density at radius 3 is 2.50 bits per heavy atom. The third kappa shape index (κ3) is 2.94. The van der Waals surface area contributed by atoms with E-state index < -0.39 is 23.0 Å². The number of benzene rings is 1. The van der Waals surface area contributed by atoms with Gasteiger partial charge in [0.25, 0.3) is 5.82 Å². The predicted octanol–water partition coefficient (Wildman–Crippen LogP) is 1.14. The van der Waals surface area contributed by atoms with Crippen LogP contribution in [-0.2, 0) is 11.4 Å². The molecule has 0 unspecified atom stereocenters. The van der Waals surface area contributed by atoms with E-state index in [1.165, 1.54) is 18.5 Å². The molecule has 0 saturated carbocycles. The highest BCUT2D eigenvalue weighted by Gasteiger charge is 2.37. The minimum absolute atomic E-state index is 0.132. The summed E-state index contributed by atoms with van der Waals surface area (Å²) in [7, 11) is 3.54. The normalized spacial score (nSPS) is 12.6. The summed E-state index contributed by atoms with van der Waals surface area (Å²) in [5.74, 6) is -1.85. The number of H-pyrrole nitrogens is 1. The number of hydrogen-bond acceptors (Lipinski definition) is 4. The standard InChI is InChI=1S/C16H12B2F4N6/c17-15(18,8-3-1-2-4-9(8)19)11-13-23-5-6-28(13)7-10(24-11)12-25-14(27-26-12)16(20,21)22/h1-7H,17-18H2,(H,25,26,27). The minimum atomic E-state index is -4.68. The van der Waals surface area contributed by atoms with Gasteiger partial charge >= 0.3 is 6.18 Å². The molecule has 0 amide bonds. The van der Waals surface area contributed by atoms with Crippen LogP contribution < -0.4 is 0 Å². The quantitative estimate of drug-likeness (QED) is 0.424. The average molecular weight is 386 g/mol. The zero-order valence-electron chi connectivity index (χ0n) is 14.8. The first kappa shape index (κ1) is 18.2. The van der Waals surface area contributed by atoms with Crippen LogP contribution in [0.15, 0.2) is 42.9 Å². The van der Waals surface area contributed by atoms with Gasteiger partial charge in [-0.15, -0.1) is 5.10 Å². The number of aromatic amines is 1. The summed E-state index contributed by atoms with van der Waals surface area (Å²) in [6, 6.07) is 6.27. The van der Waals surface area contributed by atoms with Gasteiger partial charge in [-0.1, -0.05) is 18.2 Å². The van der Waals surface area contributed by atoms with Crippen molar-refractivity contribution in [1.29, 1.82) is 0 Å². The van der Waals surface area contributed by atoms with Gasteiger partial charge < -0.3 is 4.40 Å². The van der Waals surface area contributed by atoms with E-state index in [0.29, 0.717) is 16.9 Å². The molecular weight excluding hydrogens is 374 g/mol. The first-order valence-corrected chi connectivity index (χ1v) is 8.27. The molecule has 12 heteroatoms. The van der Waals surface area contributed by atoms with Gasteiger partial charge in [-0.05, 0) is 16.8 Å². The Balaban J connectivity index is 1.91. The molecule has 4 rings (SSSR count). The van der Waals surface area contributed by atoms with E-state index in [-0.39, 0.29) is 11.5 Å². The van der Waals surface area contributed by atoms with Crippen LogP contribution in [0.1, 0.15) is 17.1 Å². The SMILES string of the molecule is BC(B)(c1ccccc1F)c1nc(-c2nc(C(F)(F)F)n[nH]2)cn2ccnc12. The van der Waals surface area contributed by atoms with Gasteiger partial charge in [0.2, 0.25) is 0 Å². The Labute approximate surface area is 157 Å². The highest BCUT2D eigenvalue weighted by molar-refractivity contribution is 6.42. The molecule has 6 nitrogen and oxygen atoms in total. The zero-order valence-corrected chi connectivity index (χ0v) is 14.8. The number of fused-ring (bicyclic) bond motifs is 1. The van der Waals surface area contributed by atoms with E-state index in [4.69, 9.17) is 0 Å². The number of halogens is 4. The Bertz CT molecular complexity index is 1170. The smallest absolute Gasteiger partial charge is 0.303 e. The number of hydrogen-bond donors (Lipinski definition) is 1. The number of aromatic nitrogens is 6. The van der Waals surface area contributed by atoms with E-state index in [2.05, 4.69) is 25.1 Å². The summed E-state index contributed by atoms with van der Waals surface area (Å²) in [4.78, 5) is 12.2. The van der Waals surface area contributed by atoms with Crippen molar-refractivity contribution in [2.45, 2.75) is 11.4 Å². The second kappa shape index (κ2) is 6.18. The zero-order chi connectivity index (χ0) is 20.1. The van der Waals surface area contributed by atoms with E-state index >= 15 is 0 Å². The van der Waals surface area contributed by atoms with Crippen LogP contribution >= 0.6 is 0 Å². The Kier molecular flexibility index (Phi) is 4.02. The lowest BCUT2D eigenvalue weighted by atomic mass is 9.49. The van der Waals surface area contributed by atoms with Gasteiger partial charge in [-0.25, -0.2) is 19.3 Å². The molecule has 0 radical (unpaired) electrons. The molecular formula is C16H12B2F4N6. The van der Waals surface area contributed by atoms with Crippen LogP contribution in [0.4, 0.5) is 17.6 Å². The second-order valence-corrected chi connectivity index (χ2v) is 6.74. The van der Waals surface area contributed by atoms with E-state index in [0.717, 1.165) is 0 Å². The summed E-state index contributed by atoms with van der Waals surface area (Å²) in [6.45, 7) is 0. The van der Waals surface area contributed by atoms with Gasteiger partial charge in [0.15, 0.2) is 11.5 Å². The van der Waals surface area contributed by atoms with Gasteiger partial charge in [-0.2, -0.15) is 13.2 Å². The van der Waals surface area contributed by atoms with Crippen molar-refractivity contribution in [2.75, 3.05) is 0 Å². The highest BCUT2D eigenvalue weighted by atomic mass is 19.4. The van der Waals surface area contributed by atoms with Crippen LogP contribution in [0.3, 0.4) is 0 Å². The van der Waals surface area contributed by atoms with Crippen molar-refractivity contribution in [3.05, 3.63) is 65.8 Å². The minimum Gasteiger partial charge on any atom is -0.303 e. The topological polar surface area (TPSA) is 71.8 Å². The van der Waals surface area contributed by atoms with Crippen molar-refractivity contribution in [2.24, 2.45) is 0 Å². The lowest BCUT2D eigenvalue weighted by Gasteiger charge is -2.26. The Hall–Kier alpha value is -3.17. The average Bonchev–Trinajstić information content (AvgIpc) is 3.30. The Morgan fingerprint density at radius 2 is 1.82 bits per heavy atom. The van der Waals surface area contributed by atoms with E-state index in [1.807, 2.05) is 0 Å². The number of rotatable bonds is 3. The molecule has 0 spiro atoms. The van der Waals surface area contributed by atoms with E-state index in [1.54, 1.807) is 44.5 Å². The van der Waals surface area contributed by atoms with Crippen LogP contribution in [-0.4, -0.2) is 45.2 Å². The lowest BCUT2D eigenvalue weighted by molar-refractivity contribution is -0.144. The first-order chi connectivity index (χ1) is 13.2. The third-order valence-corrected chi connectivity index (χ3v) is 4.49. The fourth-order valence-corrected chi connectivity index (χ4v) is 3.06. The lowest BCUT2D eigenvalue weighted by Crippen LogP contribution is -2.32. The highest BCUT2D eigenvalue weighted by Crippen LogP contribution is 2.31. The third-order valence-electron chi connectivity index (χ3n) is 4.49. The first-order valence-electron chi connectivity index (χ1n) is 8.27. The summed E-state index contributed by atoms with van der Waals surface area (Å²) in [6.07, 6.45) is -0.0290. The van der Waals surface area contributed by atoms with Gasteiger partial charge in [0.1, 0.15) is 27.2 Å². The van der Waals surface area contributed by atoms with Crippen molar-refractivity contribution >= 4 is 21.3 Å². The molecule has 0 aliphatic rings. The fraction of sp³-hybridized carbons (Fsp3) is 0.125. The van der Waals surface area contributed by atoms with Crippen molar-refractivity contribution in [3.8, 4) is 11.5 Å². The monoisotopic (exact) mass is 386 g/mol.